The van der Waals surface area contributed by atoms with Crippen LogP contribution in [0.1, 0.15) is 50.4 Å². The molecule has 35 heavy (non-hydrogen) atoms. The number of amides is 1. The number of fused-ring (bicyclic) bond motifs is 2. The van der Waals surface area contributed by atoms with Gasteiger partial charge in [-0.25, -0.2) is 9.78 Å². The normalized spacial score (nSPS) is 13.2. The third-order valence-electron chi connectivity index (χ3n) is 6.21. The Hall–Kier alpha value is -2.93. The van der Waals surface area contributed by atoms with E-state index in [-0.39, 0.29) is 5.91 Å². The van der Waals surface area contributed by atoms with Crippen molar-refractivity contribution in [1.82, 2.24) is 4.98 Å². The number of nitrogens with one attached hydrogen (secondary N) is 1. The number of ether oxygens (including phenoxy) is 1. The second-order valence-electron chi connectivity index (χ2n) is 8.42. The molecule has 4 aromatic rings. The van der Waals surface area contributed by atoms with Crippen LogP contribution in [0.3, 0.4) is 0 Å². The van der Waals surface area contributed by atoms with E-state index < -0.39 is 5.97 Å². The van der Waals surface area contributed by atoms with Gasteiger partial charge in [-0.3, -0.25) is 4.79 Å². The van der Waals surface area contributed by atoms with Crippen LogP contribution in [-0.4, -0.2) is 24.0 Å². The van der Waals surface area contributed by atoms with E-state index in [1.54, 1.807) is 18.2 Å². The van der Waals surface area contributed by atoms with Crippen LogP contribution in [-0.2, 0) is 17.6 Å². The molecule has 1 aliphatic rings. The molecule has 1 amide bonds. The lowest BCUT2D eigenvalue weighted by Gasteiger charge is -2.12. The Labute approximate surface area is 217 Å². The highest BCUT2D eigenvalue weighted by atomic mass is 35.5. The van der Waals surface area contributed by atoms with Gasteiger partial charge in [0.15, 0.2) is 0 Å². The third kappa shape index (κ3) is 4.66. The van der Waals surface area contributed by atoms with Crippen LogP contribution in [0.2, 0.25) is 10.0 Å². The molecule has 5 rings (SSSR count). The average molecular weight is 525 g/mol. The molecule has 2 aromatic carbocycles. The molecule has 178 valence electrons. The van der Waals surface area contributed by atoms with Crippen molar-refractivity contribution < 1.29 is 14.3 Å². The quantitative estimate of drug-likeness (QED) is 0.220. The molecular weight excluding hydrogens is 503 g/mol. The van der Waals surface area contributed by atoms with Gasteiger partial charge in [0.05, 0.1) is 39.5 Å². The van der Waals surface area contributed by atoms with E-state index in [0.29, 0.717) is 42.8 Å². The SMILES string of the molecule is COC(=O)c1c(NC(=O)c2cc(-c3ccc(Cl)c(Cl)c3)nc3ccccc23)sc2c1CCCCC2. The summed E-state index contributed by atoms with van der Waals surface area (Å²) in [6, 6.07) is 14.5. The van der Waals surface area contributed by atoms with Crippen LogP contribution in [0.25, 0.3) is 22.2 Å². The maximum atomic E-state index is 13.6. The fourth-order valence-corrected chi connectivity index (χ4v) is 6.06. The number of hydrogen-bond donors (Lipinski definition) is 1. The number of anilines is 1. The minimum Gasteiger partial charge on any atom is -0.465 e. The predicted molar refractivity (Wildman–Crippen MR) is 142 cm³/mol. The van der Waals surface area contributed by atoms with Crippen molar-refractivity contribution in [3.8, 4) is 11.3 Å². The number of rotatable bonds is 4. The van der Waals surface area contributed by atoms with Crippen molar-refractivity contribution in [2.45, 2.75) is 32.1 Å². The number of pyridine rings is 1. The minimum atomic E-state index is -0.421. The molecule has 5 nitrogen and oxygen atoms in total. The molecule has 0 unspecified atom stereocenters. The lowest BCUT2D eigenvalue weighted by atomic mass is 10.0. The molecule has 0 spiro atoms. The number of nitrogens with zero attached hydrogens (tertiary/aromatic N) is 1. The van der Waals surface area contributed by atoms with Gasteiger partial charge >= 0.3 is 5.97 Å². The van der Waals surface area contributed by atoms with Gasteiger partial charge in [-0.2, -0.15) is 0 Å². The predicted octanol–water partition coefficient (Wildman–Crippen LogP) is 7.58. The average Bonchev–Trinajstić information content (AvgIpc) is 3.04. The Bertz CT molecular complexity index is 1460. The number of methoxy groups -OCH3 is 1. The third-order valence-corrected chi connectivity index (χ3v) is 8.16. The highest BCUT2D eigenvalue weighted by molar-refractivity contribution is 7.17. The summed E-state index contributed by atoms with van der Waals surface area (Å²) in [6.07, 6.45) is 4.93. The first-order chi connectivity index (χ1) is 17.0. The van der Waals surface area contributed by atoms with E-state index >= 15 is 0 Å². The van der Waals surface area contributed by atoms with E-state index in [1.165, 1.54) is 18.4 Å². The van der Waals surface area contributed by atoms with Crippen molar-refractivity contribution >= 4 is 62.3 Å². The summed E-state index contributed by atoms with van der Waals surface area (Å²) in [6.45, 7) is 0. The van der Waals surface area contributed by atoms with Gasteiger partial charge in [0.25, 0.3) is 5.91 Å². The first kappa shape index (κ1) is 23.8. The molecule has 0 saturated heterocycles. The van der Waals surface area contributed by atoms with Crippen LogP contribution in [0.5, 0.6) is 0 Å². The summed E-state index contributed by atoms with van der Waals surface area (Å²) in [5.74, 6) is -0.734. The van der Waals surface area contributed by atoms with Crippen molar-refractivity contribution in [2.24, 2.45) is 0 Å². The fraction of sp³-hybridized carbons (Fsp3) is 0.222. The van der Waals surface area contributed by atoms with Crippen LogP contribution >= 0.6 is 34.5 Å². The highest BCUT2D eigenvalue weighted by Crippen LogP contribution is 2.38. The maximum absolute atomic E-state index is 13.6. The second kappa shape index (κ2) is 9.97. The number of carbonyl (C=O) groups excluding carboxylic acids is 2. The van der Waals surface area contributed by atoms with Crippen molar-refractivity contribution in [3.05, 3.63) is 80.1 Å². The zero-order chi connectivity index (χ0) is 24.5. The number of aromatic nitrogens is 1. The molecule has 1 N–H and O–H groups in total. The number of aryl methyl sites for hydroxylation is 1. The zero-order valence-corrected chi connectivity index (χ0v) is 21.3. The molecule has 0 atom stereocenters. The number of hydrogen-bond acceptors (Lipinski definition) is 5. The molecule has 0 aliphatic heterocycles. The molecule has 2 aromatic heterocycles. The summed E-state index contributed by atoms with van der Waals surface area (Å²) in [4.78, 5) is 32.2. The molecule has 1 aliphatic carbocycles. The Morgan fingerprint density at radius 1 is 1.00 bits per heavy atom. The molecule has 2 heterocycles. The Morgan fingerprint density at radius 3 is 2.60 bits per heavy atom. The number of para-hydroxylation sites is 1. The molecule has 8 heteroatoms. The number of halogens is 2. The second-order valence-corrected chi connectivity index (χ2v) is 10.3. The smallest absolute Gasteiger partial charge is 0.341 e. The van der Waals surface area contributed by atoms with Crippen molar-refractivity contribution in [1.29, 1.82) is 0 Å². The van der Waals surface area contributed by atoms with Gasteiger partial charge in [-0.15, -0.1) is 11.3 Å². The van der Waals surface area contributed by atoms with E-state index in [9.17, 15) is 9.59 Å². The van der Waals surface area contributed by atoms with Gasteiger partial charge in [0.1, 0.15) is 5.00 Å². The lowest BCUT2D eigenvalue weighted by molar-refractivity contribution is 0.0601. The molecule has 0 fully saturated rings. The summed E-state index contributed by atoms with van der Waals surface area (Å²) >= 11 is 13.8. The fourth-order valence-electron chi connectivity index (χ4n) is 4.49. The first-order valence-electron chi connectivity index (χ1n) is 11.4. The molecule has 0 radical (unpaired) electrons. The zero-order valence-electron chi connectivity index (χ0n) is 19.0. The summed E-state index contributed by atoms with van der Waals surface area (Å²) in [7, 11) is 1.37. The van der Waals surface area contributed by atoms with Gasteiger partial charge in [0, 0.05) is 15.8 Å². The van der Waals surface area contributed by atoms with E-state index in [0.717, 1.165) is 48.1 Å². The summed E-state index contributed by atoms with van der Waals surface area (Å²) in [5, 5.41) is 5.12. The van der Waals surface area contributed by atoms with E-state index in [1.807, 2.05) is 30.3 Å². The highest BCUT2D eigenvalue weighted by Gasteiger charge is 2.27. The van der Waals surface area contributed by atoms with Gasteiger partial charge in [0.2, 0.25) is 0 Å². The van der Waals surface area contributed by atoms with Crippen molar-refractivity contribution in [3.63, 3.8) is 0 Å². The van der Waals surface area contributed by atoms with Crippen LogP contribution in [0.4, 0.5) is 5.00 Å². The van der Waals surface area contributed by atoms with Crippen LogP contribution in [0.15, 0.2) is 48.5 Å². The molecule has 0 bridgehead atoms. The summed E-state index contributed by atoms with van der Waals surface area (Å²) in [5.41, 5.74) is 3.96. The topological polar surface area (TPSA) is 68.3 Å². The van der Waals surface area contributed by atoms with Gasteiger partial charge in [-0.1, -0.05) is 53.9 Å². The maximum Gasteiger partial charge on any atom is 0.341 e. The molecule has 0 saturated carbocycles. The first-order valence-corrected chi connectivity index (χ1v) is 12.9. The Morgan fingerprint density at radius 2 is 1.80 bits per heavy atom. The Kier molecular flexibility index (Phi) is 6.78. The van der Waals surface area contributed by atoms with Gasteiger partial charge < -0.3 is 10.1 Å². The lowest BCUT2D eigenvalue weighted by Crippen LogP contribution is -2.15. The van der Waals surface area contributed by atoms with Crippen LogP contribution < -0.4 is 5.32 Å². The monoisotopic (exact) mass is 524 g/mol. The van der Waals surface area contributed by atoms with Gasteiger partial charge in [-0.05, 0) is 55.5 Å². The number of carbonyl (C=O) groups is 2. The van der Waals surface area contributed by atoms with Crippen molar-refractivity contribution in [2.75, 3.05) is 12.4 Å². The summed E-state index contributed by atoms with van der Waals surface area (Å²) < 4.78 is 5.08. The Balaban J connectivity index is 1.59. The van der Waals surface area contributed by atoms with E-state index in [2.05, 4.69) is 5.32 Å². The van der Waals surface area contributed by atoms with Crippen LogP contribution in [0, 0.1) is 0 Å². The number of benzene rings is 2. The number of esters is 1. The minimum absolute atomic E-state index is 0.313. The largest absolute Gasteiger partial charge is 0.465 e. The van der Waals surface area contributed by atoms with E-state index in [4.69, 9.17) is 32.9 Å². The standard InChI is InChI=1S/C27H22Cl2N2O3S/c1-34-27(33)24-17-8-3-2-4-10-23(17)35-26(24)31-25(32)18-14-22(15-11-12-19(28)20(29)13-15)30-21-9-6-5-7-16(18)21/h5-7,9,11-14H,2-4,8,10H2,1H3,(H,31,32). The number of thiophene rings is 1. The molecular formula is C27H22Cl2N2O3S.